The quantitative estimate of drug-likeness (QED) is 0.595. The first-order valence-corrected chi connectivity index (χ1v) is 10.7. The first-order chi connectivity index (χ1) is 14.4. The van der Waals surface area contributed by atoms with Gasteiger partial charge in [0.05, 0.1) is 17.6 Å². The van der Waals surface area contributed by atoms with Gasteiger partial charge in [-0.3, -0.25) is 4.79 Å². The van der Waals surface area contributed by atoms with E-state index in [1.165, 1.54) is 24.5 Å². The van der Waals surface area contributed by atoms with E-state index in [2.05, 4.69) is 15.3 Å². The van der Waals surface area contributed by atoms with E-state index in [0.29, 0.717) is 30.4 Å². The minimum atomic E-state index is -0.406. The van der Waals surface area contributed by atoms with Crippen molar-refractivity contribution in [2.24, 2.45) is 0 Å². The number of benzene rings is 1. The average molecular weight is 446 g/mol. The average Bonchev–Trinajstić information content (AvgIpc) is 3.09. The number of anilines is 2. The van der Waals surface area contributed by atoms with Crippen molar-refractivity contribution in [2.75, 3.05) is 32.5 Å². The fourth-order valence-corrected chi connectivity index (χ4v) is 4.78. The van der Waals surface area contributed by atoms with Gasteiger partial charge in [-0.2, -0.15) is 0 Å². The SMILES string of the molecule is CN(C)C/C=C/C(=O)N1CCc2c(sc3ncnc(Nc4cc(Cl)ccc4F)c23)C1. The number of nitrogens with zero attached hydrogens (tertiary/aromatic N) is 4. The number of carbonyl (C=O) groups excluding carboxylic acids is 1. The Morgan fingerprint density at radius 3 is 3.03 bits per heavy atom. The summed E-state index contributed by atoms with van der Waals surface area (Å²) in [5, 5.41) is 4.38. The Kier molecular flexibility index (Phi) is 5.99. The third kappa shape index (κ3) is 4.30. The van der Waals surface area contributed by atoms with Gasteiger partial charge in [-0.25, -0.2) is 14.4 Å². The number of fused-ring (bicyclic) bond motifs is 3. The van der Waals surface area contributed by atoms with Crippen molar-refractivity contribution in [3.05, 3.63) is 58.0 Å². The Balaban J connectivity index is 1.61. The van der Waals surface area contributed by atoms with Gasteiger partial charge in [-0.05, 0) is 44.3 Å². The van der Waals surface area contributed by atoms with Gasteiger partial charge in [0, 0.05) is 29.1 Å². The van der Waals surface area contributed by atoms with Crippen molar-refractivity contribution in [1.29, 1.82) is 0 Å². The summed E-state index contributed by atoms with van der Waals surface area (Å²) in [7, 11) is 3.92. The van der Waals surface area contributed by atoms with E-state index in [9.17, 15) is 9.18 Å². The minimum Gasteiger partial charge on any atom is -0.337 e. The highest BCUT2D eigenvalue weighted by molar-refractivity contribution is 7.19. The summed E-state index contributed by atoms with van der Waals surface area (Å²) in [4.78, 5) is 27.0. The number of rotatable bonds is 5. The number of thiophene rings is 1. The minimum absolute atomic E-state index is 0.00499. The summed E-state index contributed by atoms with van der Waals surface area (Å²) in [6.45, 7) is 1.87. The third-order valence-electron chi connectivity index (χ3n) is 4.86. The molecular weight excluding hydrogens is 425 g/mol. The number of halogens is 2. The first kappa shape index (κ1) is 20.7. The van der Waals surface area contributed by atoms with Gasteiger partial charge in [0.15, 0.2) is 0 Å². The number of aromatic nitrogens is 2. The molecule has 0 radical (unpaired) electrons. The fraction of sp³-hybridized carbons (Fsp3) is 0.286. The molecule has 9 heteroatoms. The molecule has 1 amide bonds. The molecule has 0 atom stereocenters. The van der Waals surface area contributed by atoms with Crippen LogP contribution in [0.3, 0.4) is 0 Å². The van der Waals surface area contributed by atoms with Crippen LogP contribution in [0.25, 0.3) is 10.2 Å². The number of amides is 1. The molecule has 0 unspecified atom stereocenters. The van der Waals surface area contributed by atoms with Crippen molar-refractivity contribution >= 4 is 50.6 Å². The van der Waals surface area contributed by atoms with E-state index in [1.807, 2.05) is 30.0 Å². The monoisotopic (exact) mass is 445 g/mol. The van der Waals surface area contributed by atoms with E-state index in [0.717, 1.165) is 27.2 Å². The highest BCUT2D eigenvalue weighted by Gasteiger charge is 2.25. The van der Waals surface area contributed by atoms with Crippen LogP contribution in [0.5, 0.6) is 0 Å². The van der Waals surface area contributed by atoms with Crippen molar-refractivity contribution in [3.63, 3.8) is 0 Å². The molecule has 1 aromatic carbocycles. The van der Waals surface area contributed by atoms with Crippen LogP contribution in [0, 0.1) is 5.82 Å². The summed E-state index contributed by atoms with van der Waals surface area (Å²) < 4.78 is 14.2. The van der Waals surface area contributed by atoms with E-state index >= 15 is 0 Å². The van der Waals surface area contributed by atoms with Gasteiger partial charge >= 0.3 is 0 Å². The van der Waals surface area contributed by atoms with E-state index in [4.69, 9.17) is 11.6 Å². The highest BCUT2D eigenvalue weighted by atomic mass is 35.5. The molecule has 0 saturated heterocycles. The summed E-state index contributed by atoms with van der Waals surface area (Å²) in [5.74, 6) is 0.145. The Bertz CT molecular complexity index is 1130. The molecular formula is C21H21ClFN5OS. The van der Waals surface area contributed by atoms with Gasteiger partial charge in [0.25, 0.3) is 0 Å². The standard InChI is InChI=1S/C21H21ClFN5OS/c1-27(2)8-3-4-18(29)28-9-7-14-17(11-28)30-21-19(14)20(24-12-25-21)26-16-10-13(22)5-6-15(16)23/h3-6,10,12H,7-9,11H2,1-2H3,(H,24,25,26)/b4-3+. The number of carbonyl (C=O) groups is 1. The van der Waals surface area contributed by atoms with E-state index in [-0.39, 0.29) is 11.6 Å². The molecule has 6 nitrogen and oxygen atoms in total. The molecule has 156 valence electrons. The molecule has 2 aromatic heterocycles. The topological polar surface area (TPSA) is 61.4 Å². The second-order valence-corrected chi connectivity index (χ2v) is 8.85. The van der Waals surface area contributed by atoms with E-state index in [1.54, 1.807) is 17.4 Å². The maximum atomic E-state index is 14.2. The highest BCUT2D eigenvalue weighted by Crippen LogP contribution is 2.38. The third-order valence-corrected chi connectivity index (χ3v) is 6.22. The van der Waals surface area contributed by atoms with Crippen LogP contribution in [-0.2, 0) is 17.8 Å². The lowest BCUT2D eigenvalue weighted by molar-refractivity contribution is -0.126. The molecule has 0 aliphatic carbocycles. The zero-order valence-corrected chi connectivity index (χ0v) is 18.2. The zero-order valence-electron chi connectivity index (χ0n) is 16.7. The van der Waals surface area contributed by atoms with Crippen LogP contribution in [0.1, 0.15) is 10.4 Å². The van der Waals surface area contributed by atoms with Crippen molar-refractivity contribution < 1.29 is 9.18 Å². The number of hydrogen-bond donors (Lipinski definition) is 1. The van der Waals surface area contributed by atoms with Crippen molar-refractivity contribution in [3.8, 4) is 0 Å². The summed E-state index contributed by atoms with van der Waals surface area (Å²) in [5.41, 5.74) is 1.38. The molecule has 1 aliphatic heterocycles. The maximum Gasteiger partial charge on any atom is 0.246 e. The van der Waals surface area contributed by atoms with Crippen molar-refractivity contribution in [2.45, 2.75) is 13.0 Å². The van der Waals surface area contributed by atoms with E-state index < -0.39 is 5.82 Å². The second-order valence-electron chi connectivity index (χ2n) is 7.33. The maximum absolute atomic E-state index is 14.2. The lowest BCUT2D eigenvalue weighted by Gasteiger charge is -2.26. The smallest absolute Gasteiger partial charge is 0.246 e. The van der Waals surface area contributed by atoms with Crippen LogP contribution in [-0.4, -0.2) is 52.9 Å². The molecule has 1 aliphatic rings. The van der Waals surface area contributed by atoms with Crippen LogP contribution in [0.15, 0.2) is 36.7 Å². The molecule has 3 heterocycles. The van der Waals surface area contributed by atoms with Crippen molar-refractivity contribution in [1.82, 2.24) is 19.8 Å². The number of nitrogens with one attached hydrogen (secondary N) is 1. The lowest BCUT2D eigenvalue weighted by Crippen LogP contribution is -2.34. The number of hydrogen-bond acceptors (Lipinski definition) is 6. The lowest BCUT2D eigenvalue weighted by atomic mass is 10.0. The summed E-state index contributed by atoms with van der Waals surface area (Å²) in [6.07, 6.45) is 5.66. The van der Waals surface area contributed by atoms with Crippen LogP contribution in [0.4, 0.5) is 15.9 Å². The normalized spacial score (nSPS) is 14.0. The molecule has 4 rings (SSSR count). The Morgan fingerprint density at radius 1 is 1.40 bits per heavy atom. The van der Waals surface area contributed by atoms with Gasteiger partial charge in [-0.1, -0.05) is 17.7 Å². The Hall–Kier alpha value is -2.55. The Labute approximate surface area is 183 Å². The number of likely N-dealkylation sites (N-methyl/N-ethyl adjacent to an activating group) is 1. The molecule has 0 spiro atoms. The zero-order chi connectivity index (χ0) is 21.3. The fourth-order valence-electron chi connectivity index (χ4n) is 3.40. The largest absolute Gasteiger partial charge is 0.337 e. The predicted molar refractivity (Wildman–Crippen MR) is 119 cm³/mol. The van der Waals surface area contributed by atoms with Gasteiger partial charge in [0.1, 0.15) is 22.8 Å². The predicted octanol–water partition coefficient (Wildman–Crippen LogP) is 4.23. The summed E-state index contributed by atoms with van der Waals surface area (Å²) >= 11 is 7.56. The summed E-state index contributed by atoms with van der Waals surface area (Å²) in [6, 6.07) is 4.35. The molecule has 0 bridgehead atoms. The Morgan fingerprint density at radius 2 is 2.23 bits per heavy atom. The van der Waals surface area contributed by atoms with Crippen LogP contribution >= 0.6 is 22.9 Å². The van der Waals surface area contributed by atoms with Gasteiger partial charge in [0.2, 0.25) is 5.91 Å². The van der Waals surface area contributed by atoms with Crippen LogP contribution in [0.2, 0.25) is 5.02 Å². The molecule has 0 saturated carbocycles. The molecule has 1 N–H and O–H groups in total. The molecule has 30 heavy (non-hydrogen) atoms. The van der Waals surface area contributed by atoms with Gasteiger partial charge in [-0.15, -0.1) is 11.3 Å². The first-order valence-electron chi connectivity index (χ1n) is 9.50. The second kappa shape index (κ2) is 8.67. The molecule has 3 aromatic rings. The van der Waals surface area contributed by atoms with Gasteiger partial charge < -0.3 is 15.1 Å². The molecule has 0 fully saturated rings. The van der Waals surface area contributed by atoms with Crippen LogP contribution < -0.4 is 5.32 Å².